The van der Waals surface area contributed by atoms with Crippen LogP contribution in [0, 0.1) is 0 Å². The fourth-order valence-electron chi connectivity index (χ4n) is 11.4. The first-order chi connectivity index (χ1) is 27.3. The van der Waals surface area contributed by atoms with Crippen LogP contribution < -0.4 is 31.1 Å². The van der Waals surface area contributed by atoms with E-state index in [0.29, 0.717) is 5.92 Å². The third kappa shape index (κ3) is 4.84. The summed E-state index contributed by atoms with van der Waals surface area (Å²) < 4.78 is 0. The maximum Gasteiger partial charge on any atom is 0.252 e. The minimum Gasteiger partial charge on any atom is -0.335 e. The van der Waals surface area contributed by atoms with Crippen LogP contribution in [0.15, 0.2) is 127 Å². The van der Waals surface area contributed by atoms with E-state index >= 15 is 0 Å². The Kier molecular flexibility index (Phi) is 7.69. The summed E-state index contributed by atoms with van der Waals surface area (Å²) in [4.78, 5) is 7.98. The second-order valence-corrected chi connectivity index (χ2v) is 18.2. The van der Waals surface area contributed by atoms with Gasteiger partial charge in [0, 0.05) is 56.5 Å². The van der Waals surface area contributed by atoms with E-state index in [2.05, 4.69) is 170 Å². The Bertz CT molecular complexity index is 2480. The molecule has 0 unspecified atom stereocenters. The summed E-state index contributed by atoms with van der Waals surface area (Å²) in [6, 6.07) is 49.2. The van der Waals surface area contributed by atoms with E-state index in [4.69, 9.17) is 0 Å². The summed E-state index contributed by atoms with van der Waals surface area (Å²) >= 11 is 0. The lowest BCUT2D eigenvalue weighted by atomic mass is 9.33. The molecule has 11 rings (SSSR count). The van der Waals surface area contributed by atoms with Crippen molar-refractivity contribution in [2.75, 3.05) is 14.7 Å². The highest BCUT2D eigenvalue weighted by molar-refractivity contribution is 7.00. The predicted octanol–water partition coefficient (Wildman–Crippen LogP) is 11.9. The van der Waals surface area contributed by atoms with E-state index < -0.39 is 0 Å². The number of rotatable bonds is 4. The van der Waals surface area contributed by atoms with Crippen LogP contribution in [0.4, 0.5) is 45.5 Å². The van der Waals surface area contributed by atoms with Gasteiger partial charge in [-0.05, 0) is 152 Å². The Morgan fingerprint density at radius 2 is 1.14 bits per heavy atom. The maximum absolute atomic E-state index is 2.70. The lowest BCUT2D eigenvalue weighted by Crippen LogP contribution is -2.62. The standard InChI is InChI=1S/C52H52BN3/c1-51(2)42-33-44-46(34-45(42)56(52(51,3)4)40-26-15-8-16-27-40)54(38-22-11-6-12-23-38)47-31-37(35-19-9-5-10-20-35)32-48-49(47)53(44)43-30-29-36-21-17-18-28-41(36)50(43)55(48)39-24-13-7-14-25-39/h6-8,11-16,22-27,29-35H,5,9-10,17-21,28H2,1-4H3. The molecule has 5 aliphatic rings. The molecule has 3 nitrogen and oxygen atoms in total. The number of anilines is 8. The van der Waals surface area contributed by atoms with Gasteiger partial charge in [0.25, 0.3) is 6.71 Å². The molecule has 0 spiro atoms. The molecule has 3 heterocycles. The zero-order valence-electron chi connectivity index (χ0n) is 33.5. The molecule has 0 amide bonds. The average molecular weight is 730 g/mol. The number of aryl methyl sites for hydroxylation is 1. The van der Waals surface area contributed by atoms with Gasteiger partial charge in [0.1, 0.15) is 0 Å². The minimum absolute atomic E-state index is 0.109. The van der Waals surface area contributed by atoms with E-state index in [-0.39, 0.29) is 17.7 Å². The van der Waals surface area contributed by atoms with Crippen molar-refractivity contribution in [3.8, 4) is 0 Å². The van der Waals surface area contributed by atoms with Crippen LogP contribution in [0.2, 0.25) is 0 Å². The summed E-state index contributed by atoms with van der Waals surface area (Å²) in [6.45, 7) is 9.94. The van der Waals surface area contributed by atoms with E-state index in [1.807, 2.05) is 0 Å². The highest BCUT2D eigenvalue weighted by Gasteiger charge is 2.53. The molecule has 6 aromatic carbocycles. The monoisotopic (exact) mass is 729 g/mol. The summed E-state index contributed by atoms with van der Waals surface area (Å²) in [7, 11) is 0. The average Bonchev–Trinajstić information content (AvgIpc) is 3.39. The van der Waals surface area contributed by atoms with Crippen LogP contribution >= 0.6 is 0 Å². The number of para-hydroxylation sites is 3. The largest absolute Gasteiger partial charge is 0.335 e. The Morgan fingerprint density at radius 1 is 0.536 bits per heavy atom. The van der Waals surface area contributed by atoms with E-state index in [1.54, 1.807) is 11.1 Å². The Hall–Kier alpha value is -5.22. The summed E-state index contributed by atoms with van der Waals surface area (Å²) in [5.74, 6) is 0.571. The molecule has 56 heavy (non-hydrogen) atoms. The van der Waals surface area contributed by atoms with Crippen molar-refractivity contribution >= 4 is 68.6 Å². The molecule has 3 aliphatic heterocycles. The normalized spacial score (nSPS) is 18.9. The molecule has 4 heteroatoms. The third-order valence-electron chi connectivity index (χ3n) is 14.8. The van der Waals surface area contributed by atoms with Crippen LogP contribution in [0.5, 0.6) is 0 Å². The van der Waals surface area contributed by atoms with Gasteiger partial charge in [0.05, 0.1) is 0 Å². The van der Waals surface area contributed by atoms with E-state index in [0.717, 1.165) is 6.42 Å². The van der Waals surface area contributed by atoms with Crippen molar-refractivity contribution in [1.82, 2.24) is 0 Å². The third-order valence-corrected chi connectivity index (χ3v) is 14.8. The number of hydrogen-bond donors (Lipinski definition) is 0. The van der Waals surface area contributed by atoms with Crippen LogP contribution in [-0.2, 0) is 18.3 Å². The quantitative estimate of drug-likeness (QED) is 0.167. The molecular weight excluding hydrogens is 677 g/mol. The molecule has 2 aliphatic carbocycles. The zero-order valence-corrected chi connectivity index (χ0v) is 33.5. The van der Waals surface area contributed by atoms with Gasteiger partial charge in [-0.1, -0.05) is 106 Å². The smallest absolute Gasteiger partial charge is 0.252 e. The maximum atomic E-state index is 2.70. The molecule has 1 fully saturated rings. The van der Waals surface area contributed by atoms with Gasteiger partial charge in [0.15, 0.2) is 0 Å². The van der Waals surface area contributed by atoms with Crippen LogP contribution in [0.1, 0.15) is 101 Å². The number of fused-ring (bicyclic) bond motifs is 7. The number of nitrogens with zero attached hydrogens (tertiary/aromatic N) is 3. The molecule has 0 aromatic heterocycles. The predicted molar refractivity (Wildman–Crippen MR) is 239 cm³/mol. The summed E-state index contributed by atoms with van der Waals surface area (Å²) in [6.07, 6.45) is 11.4. The van der Waals surface area contributed by atoms with Gasteiger partial charge in [-0.2, -0.15) is 0 Å². The molecule has 278 valence electrons. The first-order valence-corrected chi connectivity index (χ1v) is 21.4. The van der Waals surface area contributed by atoms with Crippen molar-refractivity contribution in [2.24, 2.45) is 0 Å². The Balaban J connectivity index is 1.27. The fraction of sp³-hybridized carbons (Fsp3) is 0.308. The van der Waals surface area contributed by atoms with Crippen molar-refractivity contribution in [3.05, 3.63) is 150 Å². The van der Waals surface area contributed by atoms with Gasteiger partial charge in [-0.25, -0.2) is 0 Å². The highest BCUT2D eigenvalue weighted by atomic mass is 15.3. The minimum atomic E-state index is -0.155. The van der Waals surface area contributed by atoms with Crippen molar-refractivity contribution in [3.63, 3.8) is 0 Å². The molecule has 1 saturated carbocycles. The lowest BCUT2D eigenvalue weighted by Gasteiger charge is -2.46. The summed E-state index contributed by atoms with van der Waals surface area (Å²) in [5, 5.41) is 0. The Morgan fingerprint density at radius 3 is 1.82 bits per heavy atom. The highest BCUT2D eigenvalue weighted by Crippen LogP contribution is 2.57. The second-order valence-electron chi connectivity index (χ2n) is 18.2. The van der Waals surface area contributed by atoms with Crippen LogP contribution in [0.25, 0.3) is 0 Å². The van der Waals surface area contributed by atoms with Gasteiger partial charge in [-0.15, -0.1) is 0 Å². The molecule has 6 aromatic rings. The molecule has 0 bridgehead atoms. The van der Waals surface area contributed by atoms with Crippen LogP contribution in [-0.4, -0.2) is 12.3 Å². The molecule has 0 radical (unpaired) electrons. The molecular formula is C52H52BN3. The fourth-order valence-corrected chi connectivity index (χ4v) is 11.4. The van der Waals surface area contributed by atoms with E-state index in [9.17, 15) is 0 Å². The lowest BCUT2D eigenvalue weighted by molar-refractivity contribution is 0.330. The van der Waals surface area contributed by atoms with Crippen molar-refractivity contribution in [2.45, 2.75) is 102 Å². The molecule has 0 atom stereocenters. The number of hydrogen-bond acceptors (Lipinski definition) is 3. The van der Waals surface area contributed by atoms with Crippen molar-refractivity contribution < 1.29 is 0 Å². The van der Waals surface area contributed by atoms with Gasteiger partial charge in [0.2, 0.25) is 0 Å². The van der Waals surface area contributed by atoms with Gasteiger partial charge in [-0.3, -0.25) is 0 Å². The van der Waals surface area contributed by atoms with Crippen LogP contribution in [0.3, 0.4) is 0 Å². The first-order valence-electron chi connectivity index (χ1n) is 21.4. The summed E-state index contributed by atoms with van der Waals surface area (Å²) in [5.41, 5.74) is 20.7. The Labute approximate surface area is 334 Å². The molecule has 0 N–H and O–H groups in total. The first kappa shape index (κ1) is 34.1. The number of benzene rings is 6. The topological polar surface area (TPSA) is 9.72 Å². The molecule has 0 saturated heterocycles. The van der Waals surface area contributed by atoms with E-state index in [1.165, 1.54) is 124 Å². The van der Waals surface area contributed by atoms with Gasteiger partial charge >= 0.3 is 0 Å². The SMILES string of the molecule is CC1(C)c2cc3c(cc2N(c2ccccc2)C1(C)C)N(c1ccccc1)c1cc(C2CCCCC2)cc2c1B3c1ccc3c(c1N2c1ccccc1)CCCC3. The van der Waals surface area contributed by atoms with Crippen molar-refractivity contribution in [1.29, 1.82) is 0 Å². The second kappa shape index (κ2) is 12.6. The van der Waals surface area contributed by atoms with Gasteiger partial charge < -0.3 is 14.7 Å². The zero-order chi connectivity index (χ0) is 37.8.